The van der Waals surface area contributed by atoms with E-state index >= 15 is 0 Å². The van der Waals surface area contributed by atoms with Gasteiger partial charge in [0.05, 0.1) is 12.5 Å². The number of carbonyl (C=O) groups excluding carboxylic acids is 1. The van der Waals surface area contributed by atoms with Crippen molar-refractivity contribution in [2.45, 2.75) is 18.9 Å². The van der Waals surface area contributed by atoms with E-state index in [0.717, 1.165) is 16.9 Å². The van der Waals surface area contributed by atoms with Crippen LogP contribution in [0.4, 0.5) is 0 Å². The standard InChI is InChI=1S/C17H17NO3/c19-13-5-3-4-12(10-13)11-18-17(20)15-8-9-21-16-7-2-1-6-14(15)16/h1-7,10,15,19H,8-9,11H2,(H,18,20). The number of phenolic OH excluding ortho intramolecular Hbond substituents is 1. The number of hydrogen-bond donors (Lipinski definition) is 2. The minimum Gasteiger partial charge on any atom is -0.508 e. The van der Waals surface area contributed by atoms with Crippen LogP contribution >= 0.6 is 0 Å². The van der Waals surface area contributed by atoms with E-state index in [9.17, 15) is 9.90 Å². The molecule has 0 spiro atoms. The van der Waals surface area contributed by atoms with Crippen molar-refractivity contribution in [1.29, 1.82) is 0 Å². The normalized spacial score (nSPS) is 16.7. The number of benzene rings is 2. The number of aromatic hydroxyl groups is 1. The van der Waals surface area contributed by atoms with E-state index in [0.29, 0.717) is 19.6 Å². The summed E-state index contributed by atoms with van der Waals surface area (Å²) in [6, 6.07) is 14.6. The first-order valence-electron chi connectivity index (χ1n) is 7.01. The van der Waals surface area contributed by atoms with Crippen molar-refractivity contribution >= 4 is 5.91 Å². The summed E-state index contributed by atoms with van der Waals surface area (Å²) in [5, 5.41) is 12.4. The molecule has 1 atom stereocenters. The minimum absolute atomic E-state index is 0.00547. The summed E-state index contributed by atoms with van der Waals surface area (Å²) < 4.78 is 5.57. The molecule has 1 unspecified atom stereocenters. The van der Waals surface area contributed by atoms with Crippen LogP contribution in [0.5, 0.6) is 11.5 Å². The molecular formula is C17H17NO3. The SMILES string of the molecule is O=C(NCc1cccc(O)c1)C1CCOc2ccccc21. The summed E-state index contributed by atoms with van der Waals surface area (Å²) in [6.07, 6.45) is 0.683. The average molecular weight is 283 g/mol. The molecule has 2 aromatic carbocycles. The summed E-state index contributed by atoms with van der Waals surface area (Å²) in [6.45, 7) is 0.966. The van der Waals surface area contributed by atoms with Crippen LogP contribution in [0.2, 0.25) is 0 Å². The van der Waals surface area contributed by atoms with E-state index in [-0.39, 0.29) is 17.6 Å². The Balaban J connectivity index is 1.69. The number of rotatable bonds is 3. The predicted octanol–water partition coefficient (Wildman–Crippen LogP) is 2.57. The van der Waals surface area contributed by atoms with Crippen LogP contribution in [0.25, 0.3) is 0 Å². The molecule has 1 amide bonds. The third-order valence-electron chi connectivity index (χ3n) is 3.65. The van der Waals surface area contributed by atoms with Gasteiger partial charge in [-0.3, -0.25) is 4.79 Å². The quantitative estimate of drug-likeness (QED) is 0.910. The van der Waals surface area contributed by atoms with Crippen LogP contribution in [0, 0.1) is 0 Å². The molecule has 0 saturated heterocycles. The lowest BCUT2D eigenvalue weighted by Gasteiger charge is -2.25. The van der Waals surface area contributed by atoms with Crippen molar-refractivity contribution in [2.75, 3.05) is 6.61 Å². The first kappa shape index (κ1) is 13.5. The lowest BCUT2D eigenvalue weighted by molar-refractivity contribution is -0.123. The molecular weight excluding hydrogens is 266 g/mol. The molecule has 21 heavy (non-hydrogen) atoms. The Morgan fingerprint density at radius 1 is 1.24 bits per heavy atom. The van der Waals surface area contributed by atoms with Crippen molar-refractivity contribution < 1.29 is 14.6 Å². The van der Waals surface area contributed by atoms with Crippen molar-refractivity contribution in [3.05, 3.63) is 59.7 Å². The van der Waals surface area contributed by atoms with Gasteiger partial charge in [0.15, 0.2) is 0 Å². The lowest BCUT2D eigenvalue weighted by atomic mass is 9.92. The molecule has 1 aliphatic rings. The predicted molar refractivity (Wildman–Crippen MR) is 79.2 cm³/mol. The second kappa shape index (κ2) is 5.87. The van der Waals surface area contributed by atoms with E-state index in [1.807, 2.05) is 30.3 Å². The van der Waals surface area contributed by atoms with Gasteiger partial charge in [0.1, 0.15) is 11.5 Å². The first-order chi connectivity index (χ1) is 10.2. The molecule has 108 valence electrons. The van der Waals surface area contributed by atoms with E-state index in [1.54, 1.807) is 18.2 Å². The third kappa shape index (κ3) is 2.99. The van der Waals surface area contributed by atoms with Gasteiger partial charge >= 0.3 is 0 Å². The Bertz CT molecular complexity index is 654. The van der Waals surface area contributed by atoms with Gasteiger partial charge in [-0.2, -0.15) is 0 Å². The van der Waals surface area contributed by atoms with Gasteiger partial charge in [-0.25, -0.2) is 0 Å². The zero-order chi connectivity index (χ0) is 14.7. The van der Waals surface area contributed by atoms with Crippen LogP contribution in [0.1, 0.15) is 23.5 Å². The maximum absolute atomic E-state index is 12.4. The van der Waals surface area contributed by atoms with Crippen molar-refractivity contribution in [3.63, 3.8) is 0 Å². The molecule has 0 radical (unpaired) electrons. The fourth-order valence-corrected chi connectivity index (χ4v) is 2.59. The average Bonchev–Trinajstić information content (AvgIpc) is 2.52. The maximum atomic E-state index is 12.4. The van der Waals surface area contributed by atoms with Gasteiger partial charge in [0, 0.05) is 12.1 Å². The number of amides is 1. The fraction of sp³-hybridized carbons (Fsp3) is 0.235. The van der Waals surface area contributed by atoms with Crippen molar-refractivity contribution in [3.8, 4) is 11.5 Å². The number of nitrogens with one attached hydrogen (secondary N) is 1. The highest BCUT2D eigenvalue weighted by molar-refractivity contribution is 5.84. The van der Waals surface area contributed by atoms with Crippen LogP contribution in [-0.4, -0.2) is 17.6 Å². The van der Waals surface area contributed by atoms with Crippen LogP contribution < -0.4 is 10.1 Å². The number of carbonyl (C=O) groups is 1. The summed E-state index contributed by atoms with van der Waals surface area (Å²) in [5.41, 5.74) is 1.82. The van der Waals surface area contributed by atoms with E-state index in [2.05, 4.69) is 5.32 Å². The molecule has 1 heterocycles. The molecule has 0 aromatic heterocycles. The molecule has 0 saturated carbocycles. The third-order valence-corrected chi connectivity index (χ3v) is 3.65. The van der Waals surface area contributed by atoms with Crippen LogP contribution in [0.3, 0.4) is 0 Å². The highest BCUT2D eigenvalue weighted by Gasteiger charge is 2.27. The number of fused-ring (bicyclic) bond motifs is 1. The second-order valence-corrected chi connectivity index (χ2v) is 5.12. The van der Waals surface area contributed by atoms with E-state index in [1.165, 1.54) is 0 Å². The van der Waals surface area contributed by atoms with Gasteiger partial charge in [-0.05, 0) is 30.2 Å². The van der Waals surface area contributed by atoms with Gasteiger partial charge < -0.3 is 15.2 Å². The van der Waals surface area contributed by atoms with E-state index in [4.69, 9.17) is 4.74 Å². The number of para-hydroxylation sites is 1. The number of phenols is 1. The Labute approximate surface area is 123 Å². The molecule has 0 aliphatic carbocycles. The smallest absolute Gasteiger partial charge is 0.228 e. The summed E-state index contributed by atoms with van der Waals surface area (Å²) >= 11 is 0. The van der Waals surface area contributed by atoms with Gasteiger partial charge in [-0.1, -0.05) is 30.3 Å². The summed E-state index contributed by atoms with van der Waals surface area (Å²) in [4.78, 5) is 12.4. The number of ether oxygens (including phenoxy) is 1. The Morgan fingerprint density at radius 3 is 2.95 bits per heavy atom. The molecule has 0 bridgehead atoms. The number of hydrogen-bond acceptors (Lipinski definition) is 3. The fourth-order valence-electron chi connectivity index (χ4n) is 2.59. The molecule has 4 nitrogen and oxygen atoms in total. The van der Waals surface area contributed by atoms with Crippen molar-refractivity contribution in [1.82, 2.24) is 5.32 Å². The summed E-state index contributed by atoms with van der Waals surface area (Å²) in [7, 11) is 0. The topological polar surface area (TPSA) is 58.6 Å². The highest BCUT2D eigenvalue weighted by atomic mass is 16.5. The Morgan fingerprint density at radius 2 is 2.10 bits per heavy atom. The molecule has 4 heteroatoms. The molecule has 3 rings (SSSR count). The Kier molecular flexibility index (Phi) is 3.77. The molecule has 2 N–H and O–H groups in total. The van der Waals surface area contributed by atoms with Crippen LogP contribution in [0.15, 0.2) is 48.5 Å². The monoisotopic (exact) mass is 283 g/mol. The van der Waals surface area contributed by atoms with Gasteiger partial charge in [0.2, 0.25) is 5.91 Å². The molecule has 1 aliphatic heterocycles. The highest BCUT2D eigenvalue weighted by Crippen LogP contribution is 2.33. The molecule has 2 aromatic rings. The van der Waals surface area contributed by atoms with Crippen molar-refractivity contribution in [2.24, 2.45) is 0 Å². The zero-order valence-corrected chi connectivity index (χ0v) is 11.6. The Hall–Kier alpha value is -2.49. The molecule has 0 fully saturated rings. The summed E-state index contributed by atoms with van der Waals surface area (Å²) in [5.74, 6) is 0.820. The zero-order valence-electron chi connectivity index (χ0n) is 11.6. The second-order valence-electron chi connectivity index (χ2n) is 5.12. The minimum atomic E-state index is -0.174. The van der Waals surface area contributed by atoms with Gasteiger partial charge in [0.25, 0.3) is 0 Å². The first-order valence-corrected chi connectivity index (χ1v) is 7.01. The lowest BCUT2D eigenvalue weighted by Crippen LogP contribution is -2.32. The van der Waals surface area contributed by atoms with E-state index < -0.39 is 0 Å². The maximum Gasteiger partial charge on any atom is 0.228 e. The van der Waals surface area contributed by atoms with Crippen LogP contribution in [-0.2, 0) is 11.3 Å². The van der Waals surface area contributed by atoms with Gasteiger partial charge in [-0.15, -0.1) is 0 Å². The largest absolute Gasteiger partial charge is 0.508 e.